The predicted octanol–water partition coefficient (Wildman–Crippen LogP) is 1.82. The quantitative estimate of drug-likeness (QED) is 0.840. The molecule has 0 aliphatic carbocycles. The number of carbonyl (C=O) groups excluding carboxylic acids is 2. The largest absolute Gasteiger partial charge is 0.418 e. The van der Waals surface area contributed by atoms with E-state index in [1.54, 1.807) is 4.90 Å². The maximum absolute atomic E-state index is 13.1. The lowest BCUT2D eigenvalue weighted by atomic mass is 10.1. The van der Waals surface area contributed by atoms with Gasteiger partial charge in [-0.05, 0) is 12.1 Å². The molecule has 9 heteroatoms. The number of carbonyl (C=O) groups is 2. The summed E-state index contributed by atoms with van der Waals surface area (Å²) < 4.78 is 44.4. The fourth-order valence-corrected chi connectivity index (χ4v) is 3.32. The molecule has 0 radical (unpaired) electrons. The van der Waals surface area contributed by atoms with Crippen LogP contribution in [-0.2, 0) is 20.5 Å². The number of alkyl halides is 3. The van der Waals surface area contributed by atoms with Crippen molar-refractivity contribution in [2.24, 2.45) is 5.92 Å². The van der Waals surface area contributed by atoms with Crippen LogP contribution in [0.2, 0.25) is 0 Å². The number of morpholine rings is 1. The van der Waals surface area contributed by atoms with Crippen molar-refractivity contribution in [1.82, 2.24) is 9.80 Å². The molecule has 0 bridgehead atoms. The van der Waals surface area contributed by atoms with Gasteiger partial charge in [-0.15, -0.1) is 0 Å². The number of benzene rings is 1. The number of anilines is 1. The van der Waals surface area contributed by atoms with Crippen molar-refractivity contribution < 1.29 is 27.5 Å². The van der Waals surface area contributed by atoms with E-state index in [-0.39, 0.29) is 24.6 Å². The van der Waals surface area contributed by atoms with Crippen molar-refractivity contribution in [2.75, 3.05) is 51.3 Å². The molecular weight excluding hydrogens is 363 g/mol. The molecule has 1 aromatic rings. The second kappa shape index (κ2) is 8.26. The second-order valence-corrected chi connectivity index (χ2v) is 6.73. The zero-order valence-corrected chi connectivity index (χ0v) is 14.8. The predicted molar refractivity (Wildman–Crippen MR) is 92.0 cm³/mol. The van der Waals surface area contributed by atoms with Gasteiger partial charge in [-0.25, -0.2) is 0 Å². The van der Waals surface area contributed by atoms with Gasteiger partial charge in [0.25, 0.3) is 0 Å². The SMILES string of the molecule is O=C(Nc1ccccc1C(F)(F)F)C1CC(=O)N(CCN2CCOCC2)C1. The van der Waals surface area contributed by atoms with Crippen LogP contribution >= 0.6 is 0 Å². The van der Waals surface area contributed by atoms with Crippen LogP contribution in [-0.4, -0.2) is 67.6 Å². The van der Waals surface area contributed by atoms with Crippen molar-refractivity contribution in [3.05, 3.63) is 29.8 Å². The van der Waals surface area contributed by atoms with E-state index in [0.717, 1.165) is 19.2 Å². The summed E-state index contributed by atoms with van der Waals surface area (Å²) in [6.07, 6.45) is -4.54. The average Bonchev–Trinajstić information content (AvgIpc) is 3.01. The van der Waals surface area contributed by atoms with Crippen molar-refractivity contribution in [1.29, 1.82) is 0 Å². The molecular formula is C18H22F3N3O3. The summed E-state index contributed by atoms with van der Waals surface area (Å²) in [5.74, 6) is -1.36. The molecule has 148 valence electrons. The van der Waals surface area contributed by atoms with E-state index in [9.17, 15) is 22.8 Å². The molecule has 3 rings (SSSR count). The smallest absolute Gasteiger partial charge is 0.379 e. The molecule has 1 atom stereocenters. The molecule has 2 aliphatic heterocycles. The summed E-state index contributed by atoms with van der Waals surface area (Å²) >= 11 is 0. The summed E-state index contributed by atoms with van der Waals surface area (Å²) in [7, 11) is 0. The van der Waals surface area contributed by atoms with Gasteiger partial charge in [-0.2, -0.15) is 13.2 Å². The van der Waals surface area contributed by atoms with Crippen LogP contribution in [0.3, 0.4) is 0 Å². The van der Waals surface area contributed by atoms with Crippen LogP contribution in [0.5, 0.6) is 0 Å². The van der Waals surface area contributed by atoms with Crippen LogP contribution in [0, 0.1) is 5.92 Å². The Morgan fingerprint density at radius 3 is 2.59 bits per heavy atom. The number of para-hydroxylation sites is 1. The lowest BCUT2D eigenvalue weighted by Gasteiger charge is -2.28. The molecule has 0 aromatic heterocycles. The molecule has 1 N–H and O–H groups in total. The number of nitrogens with zero attached hydrogens (tertiary/aromatic N) is 2. The first-order valence-electron chi connectivity index (χ1n) is 8.89. The van der Waals surface area contributed by atoms with E-state index >= 15 is 0 Å². The number of likely N-dealkylation sites (tertiary alicyclic amines) is 1. The fourth-order valence-electron chi connectivity index (χ4n) is 3.32. The number of amides is 2. The number of hydrogen-bond acceptors (Lipinski definition) is 4. The number of rotatable bonds is 5. The topological polar surface area (TPSA) is 61.9 Å². The first kappa shape index (κ1) is 19.6. The monoisotopic (exact) mass is 385 g/mol. The van der Waals surface area contributed by atoms with Gasteiger partial charge in [-0.1, -0.05) is 12.1 Å². The number of nitrogens with one attached hydrogen (secondary N) is 1. The van der Waals surface area contributed by atoms with E-state index in [4.69, 9.17) is 4.74 Å². The minimum atomic E-state index is -4.56. The van der Waals surface area contributed by atoms with Gasteiger partial charge in [0.2, 0.25) is 11.8 Å². The number of ether oxygens (including phenoxy) is 1. The maximum Gasteiger partial charge on any atom is 0.418 e. The molecule has 2 fully saturated rings. The first-order chi connectivity index (χ1) is 12.8. The standard InChI is InChI=1S/C18H22F3N3O3/c19-18(20,21)14-3-1-2-4-15(14)22-17(26)13-11-16(25)24(12-13)6-5-23-7-9-27-10-8-23/h1-4,13H,5-12H2,(H,22,26). The van der Waals surface area contributed by atoms with E-state index in [1.165, 1.54) is 18.2 Å². The molecule has 2 amide bonds. The summed E-state index contributed by atoms with van der Waals surface area (Å²) in [5, 5.41) is 2.34. The summed E-state index contributed by atoms with van der Waals surface area (Å²) in [6.45, 7) is 4.36. The van der Waals surface area contributed by atoms with Crippen LogP contribution in [0.25, 0.3) is 0 Å². The minimum absolute atomic E-state index is 0.0170. The zero-order valence-electron chi connectivity index (χ0n) is 14.8. The third-order valence-corrected chi connectivity index (χ3v) is 4.87. The van der Waals surface area contributed by atoms with Gasteiger partial charge in [0.05, 0.1) is 30.4 Å². The molecule has 0 saturated carbocycles. The Labute approximate surface area is 155 Å². The van der Waals surface area contributed by atoms with Gasteiger partial charge >= 0.3 is 6.18 Å². The third kappa shape index (κ3) is 4.98. The van der Waals surface area contributed by atoms with E-state index < -0.39 is 23.6 Å². The van der Waals surface area contributed by atoms with Gasteiger partial charge in [0, 0.05) is 39.1 Å². The van der Waals surface area contributed by atoms with Crippen molar-refractivity contribution in [3.63, 3.8) is 0 Å². The lowest BCUT2D eigenvalue weighted by Crippen LogP contribution is -2.42. The highest BCUT2D eigenvalue weighted by atomic mass is 19.4. The second-order valence-electron chi connectivity index (χ2n) is 6.73. The normalized spacial score (nSPS) is 21.5. The van der Waals surface area contributed by atoms with Gasteiger partial charge in [0.15, 0.2) is 0 Å². The first-order valence-corrected chi connectivity index (χ1v) is 8.89. The molecule has 6 nitrogen and oxygen atoms in total. The average molecular weight is 385 g/mol. The molecule has 2 saturated heterocycles. The van der Waals surface area contributed by atoms with Gasteiger partial charge in [0.1, 0.15) is 0 Å². The molecule has 0 spiro atoms. The molecule has 27 heavy (non-hydrogen) atoms. The van der Waals surface area contributed by atoms with Crippen molar-refractivity contribution >= 4 is 17.5 Å². The van der Waals surface area contributed by atoms with Crippen LogP contribution < -0.4 is 5.32 Å². The summed E-state index contributed by atoms with van der Waals surface area (Å²) in [4.78, 5) is 28.4. The van der Waals surface area contributed by atoms with E-state index in [1.807, 2.05) is 0 Å². The Morgan fingerprint density at radius 2 is 1.89 bits per heavy atom. The Morgan fingerprint density at radius 1 is 1.19 bits per heavy atom. The summed E-state index contributed by atoms with van der Waals surface area (Å²) in [5.41, 5.74) is -1.18. The van der Waals surface area contributed by atoms with Crippen molar-refractivity contribution in [2.45, 2.75) is 12.6 Å². The third-order valence-electron chi connectivity index (χ3n) is 4.87. The van der Waals surface area contributed by atoms with Crippen molar-refractivity contribution in [3.8, 4) is 0 Å². The summed E-state index contributed by atoms with van der Waals surface area (Å²) in [6, 6.07) is 4.84. The maximum atomic E-state index is 13.1. The lowest BCUT2D eigenvalue weighted by molar-refractivity contribution is -0.137. The fraction of sp³-hybridized carbons (Fsp3) is 0.556. The molecule has 1 aromatic carbocycles. The van der Waals surface area contributed by atoms with Gasteiger partial charge in [-0.3, -0.25) is 14.5 Å². The number of hydrogen-bond donors (Lipinski definition) is 1. The van der Waals surface area contributed by atoms with Crippen LogP contribution in [0.4, 0.5) is 18.9 Å². The van der Waals surface area contributed by atoms with Crippen LogP contribution in [0.15, 0.2) is 24.3 Å². The molecule has 2 heterocycles. The Balaban J connectivity index is 1.56. The highest BCUT2D eigenvalue weighted by Crippen LogP contribution is 2.35. The van der Waals surface area contributed by atoms with Gasteiger partial charge < -0.3 is 15.0 Å². The Kier molecular flexibility index (Phi) is 6.01. The molecule has 1 unspecified atom stereocenters. The van der Waals surface area contributed by atoms with E-state index in [2.05, 4.69) is 10.2 Å². The molecule has 2 aliphatic rings. The Bertz CT molecular complexity index is 690. The highest BCUT2D eigenvalue weighted by molar-refractivity contribution is 5.97. The highest BCUT2D eigenvalue weighted by Gasteiger charge is 2.37. The van der Waals surface area contributed by atoms with E-state index in [0.29, 0.717) is 26.3 Å². The van der Waals surface area contributed by atoms with Crippen LogP contribution in [0.1, 0.15) is 12.0 Å². The minimum Gasteiger partial charge on any atom is -0.379 e. The number of halogens is 3. The Hall–Kier alpha value is -2.13. The zero-order chi connectivity index (χ0) is 19.4.